The van der Waals surface area contributed by atoms with Gasteiger partial charge >= 0.3 is 0 Å². The maximum absolute atomic E-state index is 4.86. The molecule has 118 valence electrons. The Labute approximate surface area is 138 Å². The third-order valence-electron chi connectivity index (χ3n) is 4.25. The summed E-state index contributed by atoms with van der Waals surface area (Å²) < 4.78 is 2.15. The van der Waals surface area contributed by atoms with Crippen molar-refractivity contribution in [2.24, 2.45) is 0 Å². The van der Waals surface area contributed by atoms with Crippen molar-refractivity contribution in [2.45, 2.75) is 19.9 Å². The molecule has 0 saturated carbocycles. The van der Waals surface area contributed by atoms with Crippen LogP contribution in [0.15, 0.2) is 60.7 Å². The lowest BCUT2D eigenvalue weighted by Gasteiger charge is -2.24. The number of anilines is 1. The summed E-state index contributed by atoms with van der Waals surface area (Å²) in [6, 6.07) is 21.2. The molecule has 1 aromatic heterocycles. The highest BCUT2D eigenvalue weighted by Gasteiger charge is 2.23. The highest BCUT2D eigenvalue weighted by atomic mass is 15.4. The van der Waals surface area contributed by atoms with Crippen LogP contribution in [0, 0.1) is 13.8 Å². The Kier molecular flexibility index (Phi) is 4.20. The first-order valence-corrected chi connectivity index (χ1v) is 7.92. The zero-order chi connectivity index (χ0) is 16.4. The lowest BCUT2D eigenvalue weighted by Crippen LogP contribution is -2.21. The minimum atomic E-state index is 0.0715. The van der Waals surface area contributed by atoms with Gasteiger partial charge in [-0.1, -0.05) is 60.7 Å². The maximum Gasteiger partial charge on any atom is 0.130 e. The zero-order valence-electron chi connectivity index (χ0n) is 14.2. The van der Waals surface area contributed by atoms with E-state index in [1.54, 1.807) is 0 Å². The molecule has 3 nitrogen and oxygen atoms in total. The number of aromatic nitrogens is 2. The fourth-order valence-electron chi connectivity index (χ4n) is 3.08. The van der Waals surface area contributed by atoms with Crippen LogP contribution < -0.4 is 4.90 Å². The summed E-state index contributed by atoms with van der Waals surface area (Å²) in [5.41, 5.74) is 4.78. The SMILES string of the molecule is Cc1nn(C(c2ccccc2)c2ccccc2)c(N(C)C)c1C. The summed E-state index contributed by atoms with van der Waals surface area (Å²) in [6.45, 7) is 4.22. The van der Waals surface area contributed by atoms with E-state index in [0.29, 0.717) is 0 Å². The standard InChI is InChI=1S/C20H23N3/c1-15-16(2)21-23(20(15)22(3)4)19(17-11-7-5-8-12-17)18-13-9-6-10-14-18/h5-14,19H,1-4H3. The Bertz CT molecular complexity index is 734. The summed E-state index contributed by atoms with van der Waals surface area (Å²) >= 11 is 0. The lowest BCUT2D eigenvalue weighted by atomic mass is 9.99. The van der Waals surface area contributed by atoms with Crippen molar-refractivity contribution in [3.63, 3.8) is 0 Å². The second-order valence-corrected chi connectivity index (χ2v) is 6.10. The van der Waals surface area contributed by atoms with Crippen LogP contribution in [-0.2, 0) is 0 Å². The van der Waals surface area contributed by atoms with Crippen LogP contribution in [0.4, 0.5) is 5.82 Å². The molecule has 0 radical (unpaired) electrons. The normalized spacial score (nSPS) is 11.0. The molecule has 3 aromatic rings. The molecule has 0 spiro atoms. The molecule has 0 aliphatic rings. The van der Waals surface area contributed by atoms with Crippen molar-refractivity contribution in [3.8, 4) is 0 Å². The summed E-state index contributed by atoms with van der Waals surface area (Å²) in [5, 5.41) is 4.86. The number of benzene rings is 2. The van der Waals surface area contributed by atoms with Crippen molar-refractivity contribution >= 4 is 5.82 Å². The fraction of sp³-hybridized carbons (Fsp3) is 0.250. The van der Waals surface area contributed by atoms with E-state index in [2.05, 4.69) is 98.2 Å². The third kappa shape index (κ3) is 2.87. The fourth-order valence-corrected chi connectivity index (χ4v) is 3.08. The molecule has 0 aliphatic carbocycles. The van der Waals surface area contributed by atoms with E-state index >= 15 is 0 Å². The van der Waals surface area contributed by atoms with Crippen molar-refractivity contribution in [3.05, 3.63) is 83.0 Å². The van der Waals surface area contributed by atoms with Crippen LogP contribution in [-0.4, -0.2) is 23.9 Å². The quantitative estimate of drug-likeness (QED) is 0.720. The first-order valence-electron chi connectivity index (χ1n) is 7.92. The van der Waals surface area contributed by atoms with E-state index < -0.39 is 0 Å². The van der Waals surface area contributed by atoms with E-state index in [1.807, 2.05) is 0 Å². The minimum Gasteiger partial charge on any atom is -0.363 e. The molecule has 23 heavy (non-hydrogen) atoms. The van der Waals surface area contributed by atoms with Gasteiger partial charge in [-0.2, -0.15) is 5.10 Å². The molecular weight excluding hydrogens is 282 g/mol. The Hall–Kier alpha value is -2.55. The predicted octanol–water partition coefficient (Wildman–Crippen LogP) is 4.20. The number of nitrogens with zero attached hydrogens (tertiary/aromatic N) is 3. The highest BCUT2D eigenvalue weighted by molar-refractivity contribution is 5.50. The van der Waals surface area contributed by atoms with Crippen LogP contribution in [0.2, 0.25) is 0 Å². The molecule has 0 unspecified atom stereocenters. The summed E-state index contributed by atoms with van der Waals surface area (Å²) in [5.74, 6) is 1.15. The zero-order valence-corrected chi connectivity index (χ0v) is 14.2. The summed E-state index contributed by atoms with van der Waals surface area (Å²) in [7, 11) is 4.15. The van der Waals surface area contributed by atoms with Crippen LogP contribution >= 0.6 is 0 Å². The van der Waals surface area contributed by atoms with Gasteiger partial charge in [0.2, 0.25) is 0 Å². The van der Waals surface area contributed by atoms with Gasteiger partial charge in [-0.05, 0) is 25.0 Å². The van der Waals surface area contributed by atoms with Gasteiger partial charge < -0.3 is 4.90 Å². The molecule has 0 saturated heterocycles. The first-order chi connectivity index (χ1) is 11.1. The molecule has 3 rings (SSSR count). The summed E-state index contributed by atoms with van der Waals surface area (Å²) in [6.07, 6.45) is 0. The van der Waals surface area contributed by atoms with Crippen LogP contribution in [0.5, 0.6) is 0 Å². The van der Waals surface area contributed by atoms with Crippen LogP contribution in [0.25, 0.3) is 0 Å². The molecule has 0 N–H and O–H groups in total. The smallest absolute Gasteiger partial charge is 0.130 e. The van der Waals surface area contributed by atoms with E-state index in [4.69, 9.17) is 5.10 Å². The maximum atomic E-state index is 4.86. The molecule has 0 bridgehead atoms. The van der Waals surface area contributed by atoms with E-state index in [0.717, 1.165) is 11.5 Å². The Morgan fingerprint density at radius 1 is 0.826 bits per heavy atom. The molecule has 0 fully saturated rings. The van der Waals surface area contributed by atoms with Gasteiger partial charge in [-0.15, -0.1) is 0 Å². The second kappa shape index (κ2) is 6.29. The van der Waals surface area contributed by atoms with E-state index in [-0.39, 0.29) is 6.04 Å². The van der Waals surface area contributed by atoms with E-state index in [1.165, 1.54) is 16.7 Å². The van der Waals surface area contributed by atoms with Crippen molar-refractivity contribution in [1.82, 2.24) is 9.78 Å². The largest absolute Gasteiger partial charge is 0.363 e. The lowest BCUT2D eigenvalue weighted by molar-refractivity contribution is 0.589. The average molecular weight is 305 g/mol. The number of hydrogen-bond acceptors (Lipinski definition) is 2. The topological polar surface area (TPSA) is 21.1 Å². The molecule has 0 amide bonds. The van der Waals surface area contributed by atoms with Gasteiger partial charge in [0, 0.05) is 19.7 Å². The van der Waals surface area contributed by atoms with E-state index in [9.17, 15) is 0 Å². The molecule has 0 atom stereocenters. The van der Waals surface area contributed by atoms with Crippen LogP contribution in [0.3, 0.4) is 0 Å². The Morgan fingerprint density at radius 3 is 1.74 bits per heavy atom. The van der Waals surface area contributed by atoms with Gasteiger partial charge in [-0.3, -0.25) is 0 Å². The van der Waals surface area contributed by atoms with Crippen molar-refractivity contribution in [1.29, 1.82) is 0 Å². The van der Waals surface area contributed by atoms with Crippen LogP contribution in [0.1, 0.15) is 28.4 Å². The van der Waals surface area contributed by atoms with Gasteiger partial charge in [-0.25, -0.2) is 4.68 Å². The Morgan fingerprint density at radius 2 is 1.30 bits per heavy atom. The summed E-state index contributed by atoms with van der Waals surface area (Å²) in [4.78, 5) is 2.15. The van der Waals surface area contributed by atoms with Crippen molar-refractivity contribution < 1.29 is 0 Å². The molecule has 1 heterocycles. The molecule has 0 aliphatic heterocycles. The molecular formula is C20H23N3. The van der Waals surface area contributed by atoms with Gasteiger partial charge in [0.1, 0.15) is 11.9 Å². The van der Waals surface area contributed by atoms with Gasteiger partial charge in [0.05, 0.1) is 5.69 Å². The average Bonchev–Trinajstić information content (AvgIpc) is 2.85. The van der Waals surface area contributed by atoms with Gasteiger partial charge in [0.15, 0.2) is 0 Å². The number of rotatable bonds is 4. The van der Waals surface area contributed by atoms with Crippen molar-refractivity contribution in [2.75, 3.05) is 19.0 Å². The molecule has 2 aromatic carbocycles. The molecule has 3 heteroatoms. The second-order valence-electron chi connectivity index (χ2n) is 6.10. The predicted molar refractivity (Wildman–Crippen MR) is 96.2 cm³/mol. The third-order valence-corrected chi connectivity index (χ3v) is 4.25. The monoisotopic (exact) mass is 305 g/mol. The first kappa shape index (κ1) is 15.3. The van der Waals surface area contributed by atoms with Gasteiger partial charge in [0.25, 0.3) is 0 Å². The minimum absolute atomic E-state index is 0.0715. The number of aryl methyl sites for hydroxylation is 1. The number of hydrogen-bond donors (Lipinski definition) is 0. The highest BCUT2D eigenvalue weighted by Crippen LogP contribution is 2.32. The Balaban J connectivity index is 2.24.